The summed E-state index contributed by atoms with van der Waals surface area (Å²) in [5.41, 5.74) is 1.05. The van der Waals surface area contributed by atoms with Crippen LogP contribution in [-0.2, 0) is 13.2 Å². The smallest absolute Gasteiger partial charge is 0.348 e. The first-order chi connectivity index (χ1) is 10.4. The molecular formula is C14H16F3N5. The van der Waals surface area contributed by atoms with Crippen LogP contribution in [0.4, 0.5) is 19.0 Å². The molecule has 1 atom stereocenters. The molecule has 1 aliphatic rings. The maximum Gasteiger partial charge on any atom is 0.435 e. The molecule has 8 heteroatoms. The molecule has 1 aliphatic heterocycles. The summed E-state index contributed by atoms with van der Waals surface area (Å²) in [5, 5.41) is 11.4. The van der Waals surface area contributed by atoms with Gasteiger partial charge in [-0.3, -0.25) is 4.68 Å². The van der Waals surface area contributed by atoms with E-state index in [9.17, 15) is 13.2 Å². The molecule has 0 radical (unpaired) electrons. The quantitative estimate of drug-likeness (QED) is 0.855. The first-order valence-electron chi connectivity index (χ1n) is 7.04. The van der Waals surface area contributed by atoms with E-state index in [2.05, 4.69) is 15.3 Å². The van der Waals surface area contributed by atoms with Gasteiger partial charge in [0.05, 0.1) is 11.7 Å². The van der Waals surface area contributed by atoms with Crippen LogP contribution in [0.1, 0.15) is 35.8 Å². The van der Waals surface area contributed by atoms with Crippen molar-refractivity contribution < 1.29 is 13.2 Å². The summed E-state index contributed by atoms with van der Waals surface area (Å²) < 4.78 is 39.5. The molecule has 1 saturated heterocycles. The molecule has 0 amide bonds. The third-order valence-corrected chi connectivity index (χ3v) is 3.90. The van der Waals surface area contributed by atoms with Crippen molar-refractivity contribution in [2.24, 2.45) is 7.05 Å². The zero-order valence-electron chi connectivity index (χ0n) is 12.3. The van der Waals surface area contributed by atoms with Crippen molar-refractivity contribution in [2.45, 2.75) is 32.0 Å². The Labute approximate surface area is 125 Å². The Kier molecular flexibility index (Phi) is 3.54. The first kappa shape index (κ1) is 14.8. The van der Waals surface area contributed by atoms with Gasteiger partial charge < -0.3 is 4.90 Å². The number of alkyl halides is 3. The van der Waals surface area contributed by atoms with Gasteiger partial charge in [0.1, 0.15) is 0 Å². The Hall–Kier alpha value is -2.12. The summed E-state index contributed by atoms with van der Waals surface area (Å²) in [5.74, 6) is 0.471. The van der Waals surface area contributed by atoms with E-state index in [0.717, 1.165) is 36.7 Å². The van der Waals surface area contributed by atoms with E-state index in [1.807, 2.05) is 25.1 Å². The van der Waals surface area contributed by atoms with Crippen LogP contribution in [0.25, 0.3) is 0 Å². The van der Waals surface area contributed by atoms with E-state index in [4.69, 9.17) is 0 Å². The summed E-state index contributed by atoms with van der Waals surface area (Å²) in [6.45, 7) is 2.68. The summed E-state index contributed by atoms with van der Waals surface area (Å²) in [6.07, 6.45) is -0.622. The maximum absolute atomic E-state index is 12.6. The van der Waals surface area contributed by atoms with Gasteiger partial charge in [0.15, 0.2) is 11.5 Å². The number of halogens is 3. The zero-order chi connectivity index (χ0) is 15.9. The number of hydrogen-bond donors (Lipinski definition) is 0. The fraction of sp³-hybridized carbons (Fsp3) is 0.500. The Morgan fingerprint density at radius 1 is 1.23 bits per heavy atom. The normalized spacial score (nSPS) is 19.0. The van der Waals surface area contributed by atoms with Crippen LogP contribution in [-0.4, -0.2) is 26.5 Å². The highest BCUT2D eigenvalue weighted by Gasteiger charge is 2.34. The lowest BCUT2D eigenvalue weighted by atomic mass is 10.1. The minimum Gasteiger partial charge on any atom is -0.348 e. The van der Waals surface area contributed by atoms with Gasteiger partial charge in [0.25, 0.3) is 0 Å². The minimum absolute atomic E-state index is 0.0831. The average molecular weight is 311 g/mol. The predicted molar refractivity (Wildman–Crippen MR) is 74.3 cm³/mol. The predicted octanol–water partition coefficient (Wildman–Crippen LogP) is 2.88. The third-order valence-electron chi connectivity index (χ3n) is 3.90. The summed E-state index contributed by atoms with van der Waals surface area (Å²) >= 11 is 0. The van der Waals surface area contributed by atoms with E-state index >= 15 is 0 Å². The van der Waals surface area contributed by atoms with Crippen LogP contribution in [0.3, 0.4) is 0 Å². The summed E-state index contributed by atoms with van der Waals surface area (Å²) in [7, 11) is 1.85. The molecule has 0 bridgehead atoms. The van der Waals surface area contributed by atoms with Crippen molar-refractivity contribution in [3.63, 3.8) is 0 Å². The molecular weight excluding hydrogens is 295 g/mol. The number of nitrogens with zero attached hydrogens (tertiary/aromatic N) is 5. The fourth-order valence-corrected chi connectivity index (χ4v) is 2.94. The number of aryl methyl sites for hydroxylation is 2. The highest BCUT2D eigenvalue weighted by Crippen LogP contribution is 2.36. The standard InChI is InChI=1S/C14H16F3N5/c1-9-10(8-21(2)20-9)11-4-3-7-22(11)13-6-5-12(18-19-13)14(15,16)17/h5-6,8,11H,3-4,7H2,1-2H3. The van der Waals surface area contributed by atoms with Crippen LogP contribution in [0.2, 0.25) is 0 Å². The molecule has 118 valence electrons. The van der Waals surface area contributed by atoms with E-state index in [-0.39, 0.29) is 6.04 Å². The molecule has 0 saturated carbocycles. The molecule has 0 N–H and O–H groups in total. The Bertz CT molecular complexity index is 662. The third kappa shape index (κ3) is 2.65. The van der Waals surface area contributed by atoms with E-state index in [1.165, 1.54) is 6.07 Å². The zero-order valence-corrected chi connectivity index (χ0v) is 12.3. The van der Waals surface area contributed by atoms with Gasteiger partial charge in [-0.15, -0.1) is 10.2 Å². The van der Waals surface area contributed by atoms with Gasteiger partial charge in [-0.25, -0.2) is 0 Å². The van der Waals surface area contributed by atoms with Crippen LogP contribution >= 0.6 is 0 Å². The van der Waals surface area contributed by atoms with Crippen molar-refractivity contribution >= 4 is 5.82 Å². The monoisotopic (exact) mass is 311 g/mol. The molecule has 0 aromatic carbocycles. The molecule has 3 heterocycles. The largest absolute Gasteiger partial charge is 0.435 e. The van der Waals surface area contributed by atoms with Crippen LogP contribution in [0, 0.1) is 6.92 Å². The van der Waals surface area contributed by atoms with Gasteiger partial charge in [0.2, 0.25) is 0 Å². The van der Waals surface area contributed by atoms with Crippen molar-refractivity contribution in [1.29, 1.82) is 0 Å². The van der Waals surface area contributed by atoms with Crippen molar-refractivity contribution in [2.75, 3.05) is 11.4 Å². The van der Waals surface area contributed by atoms with Crippen molar-refractivity contribution in [1.82, 2.24) is 20.0 Å². The Morgan fingerprint density at radius 2 is 2.00 bits per heavy atom. The molecule has 0 spiro atoms. The average Bonchev–Trinajstić information content (AvgIpc) is 3.04. The molecule has 22 heavy (non-hydrogen) atoms. The summed E-state index contributed by atoms with van der Waals surface area (Å²) in [6, 6.07) is 2.45. The SMILES string of the molecule is Cc1nn(C)cc1C1CCCN1c1ccc(C(F)(F)F)nn1. The van der Waals surface area contributed by atoms with Crippen molar-refractivity contribution in [3.05, 3.63) is 35.3 Å². The van der Waals surface area contributed by atoms with Crippen LogP contribution in [0.15, 0.2) is 18.3 Å². The first-order valence-corrected chi connectivity index (χ1v) is 7.04. The second kappa shape index (κ2) is 5.26. The van der Waals surface area contributed by atoms with E-state index in [0.29, 0.717) is 5.82 Å². The fourth-order valence-electron chi connectivity index (χ4n) is 2.94. The highest BCUT2D eigenvalue weighted by atomic mass is 19.4. The van der Waals surface area contributed by atoms with Gasteiger partial charge in [-0.1, -0.05) is 0 Å². The number of hydrogen-bond acceptors (Lipinski definition) is 4. The highest BCUT2D eigenvalue weighted by molar-refractivity contribution is 5.44. The molecule has 5 nitrogen and oxygen atoms in total. The Morgan fingerprint density at radius 3 is 2.55 bits per heavy atom. The van der Waals surface area contributed by atoms with E-state index < -0.39 is 11.9 Å². The molecule has 3 rings (SSSR count). The van der Waals surface area contributed by atoms with Gasteiger partial charge in [-0.2, -0.15) is 18.3 Å². The number of aromatic nitrogens is 4. The maximum atomic E-state index is 12.6. The van der Waals surface area contributed by atoms with Gasteiger partial charge in [0, 0.05) is 25.4 Å². The molecule has 1 fully saturated rings. The molecule has 0 aliphatic carbocycles. The topological polar surface area (TPSA) is 46.8 Å². The number of anilines is 1. The lowest BCUT2D eigenvalue weighted by molar-refractivity contribution is -0.141. The lowest BCUT2D eigenvalue weighted by Gasteiger charge is -2.25. The molecule has 2 aromatic heterocycles. The van der Waals surface area contributed by atoms with E-state index in [1.54, 1.807) is 4.68 Å². The van der Waals surface area contributed by atoms with Gasteiger partial charge >= 0.3 is 6.18 Å². The minimum atomic E-state index is -4.46. The van der Waals surface area contributed by atoms with Crippen LogP contribution in [0.5, 0.6) is 0 Å². The Balaban J connectivity index is 1.89. The second-order valence-corrected chi connectivity index (χ2v) is 5.47. The molecule has 2 aromatic rings. The van der Waals surface area contributed by atoms with Gasteiger partial charge in [-0.05, 0) is 31.9 Å². The van der Waals surface area contributed by atoms with Crippen LogP contribution < -0.4 is 4.90 Å². The van der Waals surface area contributed by atoms with Crippen molar-refractivity contribution in [3.8, 4) is 0 Å². The lowest BCUT2D eigenvalue weighted by Crippen LogP contribution is -2.24. The second-order valence-electron chi connectivity index (χ2n) is 5.47. The summed E-state index contributed by atoms with van der Waals surface area (Å²) in [4.78, 5) is 2.00. The molecule has 1 unspecified atom stereocenters. The number of rotatable bonds is 2.